The van der Waals surface area contributed by atoms with Crippen LogP contribution in [0.2, 0.25) is 5.02 Å². The van der Waals surface area contributed by atoms with Crippen LogP contribution in [0.4, 0.5) is 8.78 Å². The van der Waals surface area contributed by atoms with Crippen LogP contribution in [0, 0.1) is 0 Å². The Bertz CT molecular complexity index is 1200. The molecule has 7 nitrogen and oxygen atoms in total. The van der Waals surface area contributed by atoms with E-state index in [-0.39, 0.29) is 24.4 Å². The lowest BCUT2D eigenvalue weighted by Crippen LogP contribution is -2.53. The Morgan fingerprint density at radius 1 is 1.15 bits per heavy atom. The van der Waals surface area contributed by atoms with Crippen LogP contribution in [0.3, 0.4) is 0 Å². The molecule has 170 valence electrons. The molecule has 4 amide bonds. The first-order valence-corrected chi connectivity index (χ1v) is 10.6. The molecule has 2 aromatic carbocycles. The number of hydrogen-bond donors (Lipinski definition) is 1. The van der Waals surface area contributed by atoms with E-state index in [2.05, 4.69) is 5.32 Å². The third kappa shape index (κ3) is 4.20. The van der Waals surface area contributed by atoms with Crippen molar-refractivity contribution in [3.63, 3.8) is 0 Å². The minimum Gasteiger partial charge on any atom is -0.352 e. The Hall–Kier alpha value is -3.20. The second-order valence-corrected chi connectivity index (χ2v) is 8.47. The van der Waals surface area contributed by atoms with Crippen LogP contribution in [0.15, 0.2) is 42.5 Å². The zero-order valence-electron chi connectivity index (χ0n) is 17.6. The summed E-state index contributed by atoms with van der Waals surface area (Å²) in [5.41, 5.74) is 0.563. The number of amides is 4. The first-order valence-electron chi connectivity index (χ1n) is 10.3. The number of nitrogens with zero attached hydrogens (tertiary/aromatic N) is 2. The highest BCUT2D eigenvalue weighted by Crippen LogP contribution is 2.32. The van der Waals surface area contributed by atoms with Gasteiger partial charge in [0.25, 0.3) is 11.8 Å². The number of hydrogen-bond acceptors (Lipinski definition) is 4. The molecular weight excluding hydrogens is 465 g/mol. The third-order valence-corrected chi connectivity index (χ3v) is 6.15. The molecule has 2 unspecified atom stereocenters. The highest BCUT2D eigenvalue weighted by molar-refractivity contribution is 6.30. The first kappa shape index (κ1) is 23.9. The summed E-state index contributed by atoms with van der Waals surface area (Å²) in [6.45, 7) is 0.0437. The maximum atomic E-state index is 14.5. The highest BCUT2D eigenvalue weighted by Gasteiger charge is 2.43. The number of rotatable bonds is 5. The van der Waals surface area contributed by atoms with E-state index in [4.69, 9.17) is 27.4 Å². The summed E-state index contributed by atoms with van der Waals surface area (Å²) >= 11 is 5.71. The molecule has 34 heavy (non-hydrogen) atoms. The molecule has 0 saturated carbocycles. The molecule has 2 aliphatic heterocycles. The zero-order chi connectivity index (χ0) is 24.8. The SMILES string of the molecule is [B]C(NC(=O)C(F)(F)c1ccc(Cl)cc1)c1ccc2c(c1)CN(C1CCC(=O)N([B])C1=O)C2=O. The van der Waals surface area contributed by atoms with Gasteiger partial charge in [-0.2, -0.15) is 8.78 Å². The number of alkyl halides is 2. The van der Waals surface area contributed by atoms with Crippen molar-refractivity contribution in [1.82, 2.24) is 15.0 Å². The molecule has 2 atom stereocenters. The molecule has 12 heteroatoms. The fraction of sp³-hybridized carbons (Fsp3) is 0.273. The predicted octanol–water partition coefficient (Wildman–Crippen LogP) is 1.97. The molecule has 0 aromatic heterocycles. The van der Waals surface area contributed by atoms with E-state index >= 15 is 0 Å². The van der Waals surface area contributed by atoms with Crippen LogP contribution in [0.1, 0.15) is 45.8 Å². The maximum absolute atomic E-state index is 14.5. The van der Waals surface area contributed by atoms with Crippen molar-refractivity contribution in [3.05, 3.63) is 69.7 Å². The van der Waals surface area contributed by atoms with Crippen LogP contribution in [-0.4, -0.2) is 55.2 Å². The maximum Gasteiger partial charge on any atom is 0.349 e. The van der Waals surface area contributed by atoms with Crippen molar-refractivity contribution in [2.24, 2.45) is 0 Å². The molecular formula is C22H16B2ClF2N3O4. The van der Waals surface area contributed by atoms with Gasteiger partial charge in [0.1, 0.15) is 13.9 Å². The average molecular weight is 481 g/mol. The van der Waals surface area contributed by atoms with Crippen molar-refractivity contribution in [1.29, 1.82) is 0 Å². The minimum absolute atomic E-state index is 0.0248. The molecule has 1 N–H and O–H groups in total. The van der Waals surface area contributed by atoms with Gasteiger partial charge < -0.3 is 15.0 Å². The van der Waals surface area contributed by atoms with Gasteiger partial charge >= 0.3 is 5.92 Å². The van der Waals surface area contributed by atoms with Crippen molar-refractivity contribution in [2.45, 2.75) is 37.3 Å². The molecule has 4 radical (unpaired) electrons. The summed E-state index contributed by atoms with van der Waals surface area (Å²) < 4.78 is 29.1. The van der Waals surface area contributed by atoms with E-state index in [1.807, 2.05) is 0 Å². The van der Waals surface area contributed by atoms with E-state index in [0.29, 0.717) is 21.5 Å². The number of halogens is 3. The lowest BCUT2D eigenvalue weighted by atomic mass is 9.87. The molecule has 4 rings (SSSR count). The summed E-state index contributed by atoms with van der Waals surface area (Å²) in [6, 6.07) is 8.10. The second kappa shape index (κ2) is 8.87. The largest absolute Gasteiger partial charge is 0.352 e. The molecule has 1 fully saturated rings. The van der Waals surface area contributed by atoms with Crippen LogP contribution in [0.5, 0.6) is 0 Å². The molecule has 0 spiro atoms. The quantitative estimate of drug-likeness (QED) is 0.523. The fourth-order valence-corrected chi connectivity index (χ4v) is 4.12. The predicted molar refractivity (Wildman–Crippen MR) is 119 cm³/mol. The van der Waals surface area contributed by atoms with E-state index in [1.165, 1.54) is 35.2 Å². The van der Waals surface area contributed by atoms with E-state index in [9.17, 15) is 28.0 Å². The summed E-state index contributed by atoms with van der Waals surface area (Å²) in [4.78, 5) is 50.9. The van der Waals surface area contributed by atoms with Gasteiger partial charge in [0.15, 0.2) is 0 Å². The smallest absolute Gasteiger partial charge is 0.349 e. The number of benzene rings is 2. The number of nitrogens with one attached hydrogen (secondary N) is 1. The Balaban J connectivity index is 1.49. The van der Waals surface area contributed by atoms with E-state index in [0.717, 1.165) is 12.1 Å². The third-order valence-electron chi connectivity index (χ3n) is 5.90. The monoisotopic (exact) mass is 481 g/mol. The fourth-order valence-electron chi connectivity index (χ4n) is 3.99. The normalized spacial score (nSPS) is 19.3. The van der Waals surface area contributed by atoms with E-state index in [1.54, 1.807) is 0 Å². The van der Waals surface area contributed by atoms with Gasteiger partial charge in [-0.25, -0.2) is 0 Å². The molecule has 0 bridgehead atoms. The molecule has 2 aromatic rings. The highest BCUT2D eigenvalue weighted by atomic mass is 35.5. The van der Waals surface area contributed by atoms with Gasteiger partial charge in [-0.15, -0.1) is 0 Å². The van der Waals surface area contributed by atoms with Gasteiger partial charge in [0.2, 0.25) is 19.8 Å². The van der Waals surface area contributed by atoms with Crippen LogP contribution >= 0.6 is 11.6 Å². The Morgan fingerprint density at radius 2 is 1.82 bits per heavy atom. The molecule has 2 aliphatic rings. The van der Waals surface area contributed by atoms with Gasteiger partial charge in [0, 0.05) is 35.1 Å². The van der Waals surface area contributed by atoms with Crippen LogP contribution in [0.25, 0.3) is 0 Å². The minimum atomic E-state index is -3.85. The molecule has 1 saturated heterocycles. The summed E-state index contributed by atoms with van der Waals surface area (Å²) in [5, 5.41) is 2.34. The number of piperidine rings is 1. The van der Waals surface area contributed by atoms with Crippen molar-refractivity contribution < 1.29 is 28.0 Å². The number of imide groups is 1. The summed E-state index contributed by atoms with van der Waals surface area (Å²) in [6.07, 6.45) is 0.171. The Morgan fingerprint density at radius 3 is 2.50 bits per heavy atom. The Kier molecular flexibility index (Phi) is 6.24. The van der Waals surface area contributed by atoms with Crippen LogP contribution in [-0.2, 0) is 26.9 Å². The number of carbonyl (C=O) groups excluding carboxylic acids is 4. The van der Waals surface area contributed by atoms with Crippen molar-refractivity contribution in [2.75, 3.05) is 0 Å². The Labute approximate surface area is 201 Å². The summed E-state index contributed by atoms with van der Waals surface area (Å²) in [5.74, 6) is -8.35. The second-order valence-electron chi connectivity index (χ2n) is 8.04. The van der Waals surface area contributed by atoms with E-state index < -0.39 is 47.1 Å². The van der Waals surface area contributed by atoms with Crippen LogP contribution < -0.4 is 5.32 Å². The number of fused-ring (bicyclic) bond motifs is 1. The lowest BCUT2D eigenvalue weighted by Gasteiger charge is -2.34. The first-order chi connectivity index (χ1) is 16.0. The van der Waals surface area contributed by atoms with Crippen molar-refractivity contribution in [3.8, 4) is 0 Å². The van der Waals surface area contributed by atoms with Gasteiger partial charge in [-0.05, 0) is 35.7 Å². The lowest BCUT2D eigenvalue weighted by molar-refractivity contribution is -0.147. The number of carbonyl (C=O) groups is 4. The topological polar surface area (TPSA) is 86.8 Å². The molecule has 0 aliphatic carbocycles. The van der Waals surface area contributed by atoms with Crippen molar-refractivity contribution >= 4 is 51.1 Å². The standard InChI is InChI=1S/C22H16B2ClF2N3O4/c23-18(28-21(34)22(26,27)13-2-4-14(25)5-3-13)11-1-6-15-12(9-11)10-29(19(15)32)16-7-8-17(31)30(24)20(16)33/h1-6,9,16,18H,7-8,10H2,(H,28,34). The van der Waals surface area contributed by atoms with Gasteiger partial charge in [-0.1, -0.05) is 35.9 Å². The molecule has 2 heterocycles. The zero-order valence-corrected chi connectivity index (χ0v) is 18.4. The van der Waals surface area contributed by atoms with Gasteiger partial charge in [0.05, 0.1) is 0 Å². The summed E-state index contributed by atoms with van der Waals surface area (Å²) in [7, 11) is 11.5. The average Bonchev–Trinajstić information content (AvgIpc) is 3.13. The van der Waals surface area contributed by atoms with Gasteiger partial charge in [-0.3, -0.25) is 19.2 Å².